The van der Waals surface area contributed by atoms with E-state index in [-0.39, 0.29) is 10.8 Å². The molecule has 0 radical (unpaired) electrons. The van der Waals surface area contributed by atoms with Crippen LogP contribution in [-0.4, -0.2) is 16.8 Å². The van der Waals surface area contributed by atoms with Crippen molar-refractivity contribution in [2.24, 2.45) is 0 Å². The average molecular weight is 369 g/mol. The van der Waals surface area contributed by atoms with Gasteiger partial charge in [-0.2, -0.15) is 0 Å². The van der Waals surface area contributed by atoms with E-state index in [0.29, 0.717) is 5.69 Å². The van der Waals surface area contributed by atoms with Gasteiger partial charge in [-0.3, -0.25) is 9.59 Å². The second-order valence-corrected chi connectivity index (χ2v) is 5.48. The van der Waals surface area contributed by atoms with Crippen LogP contribution in [0.3, 0.4) is 0 Å². The number of hydrogen-bond acceptors (Lipinski definition) is 3. The Morgan fingerprint density at radius 3 is 2.43 bits per heavy atom. The van der Waals surface area contributed by atoms with Crippen LogP contribution in [0.2, 0.25) is 5.15 Å². The Hall–Kier alpha value is -1.92. The van der Waals surface area contributed by atoms with Crippen molar-refractivity contribution >= 4 is 50.7 Å². The minimum Gasteiger partial charge on any atom is -0.318 e. The van der Waals surface area contributed by atoms with Gasteiger partial charge in [-0.1, -0.05) is 27.5 Å². The SMILES string of the molecule is Cc1cc(Br)ccc1NC(=O)C(=O)Nc1cccnc1Cl. The topological polar surface area (TPSA) is 71.1 Å². The summed E-state index contributed by atoms with van der Waals surface area (Å²) in [5.41, 5.74) is 1.69. The highest BCUT2D eigenvalue weighted by Gasteiger charge is 2.16. The van der Waals surface area contributed by atoms with Crippen LogP contribution >= 0.6 is 27.5 Å². The molecule has 0 spiro atoms. The lowest BCUT2D eigenvalue weighted by Gasteiger charge is -2.09. The molecule has 2 amide bonds. The Morgan fingerprint density at radius 2 is 1.81 bits per heavy atom. The van der Waals surface area contributed by atoms with Crippen molar-refractivity contribution in [2.75, 3.05) is 10.6 Å². The zero-order valence-electron chi connectivity index (χ0n) is 11.0. The second-order valence-electron chi connectivity index (χ2n) is 4.21. The van der Waals surface area contributed by atoms with Crippen LogP contribution in [0.4, 0.5) is 11.4 Å². The fourth-order valence-corrected chi connectivity index (χ4v) is 2.25. The summed E-state index contributed by atoms with van der Waals surface area (Å²) >= 11 is 9.14. The number of anilines is 2. The molecule has 1 aromatic heterocycles. The van der Waals surface area contributed by atoms with Gasteiger partial charge in [-0.25, -0.2) is 4.98 Å². The first-order chi connectivity index (χ1) is 9.97. The van der Waals surface area contributed by atoms with Crippen LogP contribution in [0.5, 0.6) is 0 Å². The van der Waals surface area contributed by atoms with Crippen LogP contribution in [0.25, 0.3) is 0 Å². The quantitative estimate of drug-likeness (QED) is 0.630. The maximum Gasteiger partial charge on any atom is 0.314 e. The molecule has 7 heteroatoms. The normalized spacial score (nSPS) is 10.0. The highest BCUT2D eigenvalue weighted by Crippen LogP contribution is 2.20. The third-order valence-corrected chi connectivity index (χ3v) is 3.44. The molecular weight excluding hydrogens is 358 g/mol. The number of aryl methyl sites for hydroxylation is 1. The Morgan fingerprint density at radius 1 is 1.14 bits per heavy atom. The summed E-state index contributed by atoms with van der Waals surface area (Å²) in [4.78, 5) is 27.5. The predicted molar refractivity (Wildman–Crippen MR) is 85.4 cm³/mol. The Kier molecular flexibility index (Phi) is 4.93. The highest BCUT2D eigenvalue weighted by atomic mass is 79.9. The van der Waals surface area contributed by atoms with E-state index < -0.39 is 11.8 Å². The van der Waals surface area contributed by atoms with Crippen molar-refractivity contribution in [1.29, 1.82) is 0 Å². The molecule has 0 saturated heterocycles. The smallest absolute Gasteiger partial charge is 0.314 e. The van der Waals surface area contributed by atoms with E-state index in [4.69, 9.17) is 11.6 Å². The fourth-order valence-electron chi connectivity index (χ4n) is 1.60. The molecule has 0 aliphatic heterocycles. The number of nitrogens with one attached hydrogen (secondary N) is 2. The van der Waals surface area contributed by atoms with Crippen LogP contribution in [-0.2, 0) is 9.59 Å². The molecular formula is C14H11BrClN3O2. The molecule has 0 aliphatic carbocycles. The molecule has 108 valence electrons. The van der Waals surface area contributed by atoms with Gasteiger partial charge < -0.3 is 10.6 Å². The van der Waals surface area contributed by atoms with Crippen molar-refractivity contribution in [3.05, 3.63) is 51.7 Å². The van der Waals surface area contributed by atoms with Gasteiger partial charge >= 0.3 is 11.8 Å². The monoisotopic (exact) mass is 367 g/mol. The summed E-state index contributed by atoms with van der Waals surface area (Å²) in [5.74, 6) is -1.59. The molecule has 2 aromatic rings. The maximum absolute atomic E-state index is 11.9. The number of amides is 2. The molecule has 1 aromatic carbocycles. The number of nitrogens with zero attached hydrogens (tertiary/aromatic N) is 1. The van der Waals surface area contributed by atoms with E-state index in [1.165, 1.54) is 6.20 Å². The van der Waals surface area contributed by atoms with E-state index in [0.717, 1.165) is 10.0 Å². The molecule has 0 aliphatic rings. The summed E-state index contributed by atoms with van der Waals surface area (Å²) in [6.45, 7) is 1.83. The van der Waals surface area contributed by atoms with E-state index in [1.807, 2.05) is 13.0 Å². The number of aromatic nitrogens is 1. The average Bonchev–Trinajstić information content (AvgIpc) is 2.44. The first kappa shape index (κ1) is 15.5. The Balaban J connectivity index is 2.06. The molecule has 21 heavy (non-hydrogen) atoms. The maximum atomic E-state index is 11.9. The Bertz CT molecular complexity index is 706. The predicted octanol–water partition coefficient (Wildman–Crippen LogP) is 3.38. The molecule has 0 bridgehead atoms. The minimum atomic E-state index is -0.813. The van der Waals surface area contributed by atoms with Gasteiger partial charge in [0.1, 0.15) is 0 Å². The number of halogens is 2. The number of carbonyl (C=O) groups is 2. The van der Waals surface area contributed by atoms with Gasteiger partial charge in [0, 0.05) is 16.4 Å². The van der Waals surface area contributed by atoms with Crippen molar-refractivity contribution in [3.8, 4) is 0 Å². The number of benzene rings is 1. The van der Waals surface area contributed by atoms with Gasteiger partial charge in [-0.15, -0.1) is 0 Å². The van der Waals surface area contributed by atoms with E-state index in [1.54, 1.807) is 24.3 Å². The molecule has 1 heterocycles. The van der Waals surface area contributed by atoms with Gasteiger partial charge in [0.2, 0.25) is 0 Å². The molecule has 0 atom stereocenters. The van der Waals surface area contributed by atoms with E-state index >= 15 is 0 Å². The first-order valence-electron chi connectivity index (χ1n) is 5.96. The molecule has 5 nitrogen and oxygen atoms in total. The standard InChI is InChI=1S/C14H11BrClN3O2/c1-8-7-9(15)4-5-10(8)18-13(20)14(21)19-11-3-2-6-17-12(11)16/h2-7H,1H3,(H,18,20)(H,19,21). The lowest BCUT2D eigenvalue weighted by molar-refractivity contribution is -0.133. The zero-order valence-corrected chi connectivity index (χ0v) is 13.3. The van der Waals surface area contributed by atoms with Crippen LogP contribution in [0.15, 0.2) is 41.0 Å². The number of carbonyl (C=O) groups excluding carboxylic acids is 2. The summed E-state index contributed by atoms with van der Waals surface area (Å²) in [6.07, 6.45) is 1.49. The third kappa shape index (κ3) is 4.03. The first-order valence-corrected chi connectivity index (χ1v) is 7.13. The van der Waals surface area contributed by atoms with Crippen molar-refractivity contribution in [3.63, 3.8) is 0 Å². The van der Waals surface area contributed by atoms with Crippen LogP contribution in [0.1, 0.15) is 5.56 Å². The third-order valence-electron chi connectivity index (χ3n) is 2.65. The molecule has 0 unspecified atom stereocenters. The van der Waals surface area contributed by atoms with Crippen molar-refractivity contribution < 1.29 is 9.59 Å². The van der Waals surface area contributed by atoms with Crippen LogP contribution < -0.4 is 10.6 Å². The summed E-state index contributed by atoms with van der Waals surface area (Å²) in [7, 11) is 0. The number of hydrogen-bond donors (Lipinski definition) is 2. The summed E-state index contributed by atoms with van der Waals surface area (Å²) < 4.78 is 0.893. The number of pyridine rings is 1. The van der Waals surface area contributed by atoms with Crippen molar-refractivity contribution in [1.82, 2.24) is 4.98 Å². The fraction of sp³-hybridized carbons (Fsp3) is 0.0714. The van der Waals surface area contributed by atoms with E-state index in [9.17, 15) is 9.59 Å². The number of rotatable bonds is 2. The minimum absolute atomic E-state index is 0.124. The summed E-state index contributed by atoms with van der Waals surface area (Å²) in [6, 6.07) is 8.50. The van der Waals surface area contributed by atoms with Gasteiger partial charge in [0.15, 0.2) is 5.15 Å². The molecule has 0 fully saturated rings. The zero-order chi connectivity index (χ0) is 15.4. The second kappa shape index (κ2) is 6.69. The van der Waals surface area contributed by atoms with Crippen LogP contribution in [0, 0.1) is 6.92 Å². The lowest BCUT2D eigenvalue weighted by Crippen LogP contribution is -2.29. The highest BCUT2D eigenvalue weighted by molar-refractivity contribution is 9.10. The Labute approximate surface area is 134 Å². The van der Waals surface area contributed by atoms with Gasteiger partial charge in [-0.05, 0) is 42.8 Å². The van der Waals surface area contributed by atoms with Gasteiger partial charge in [0.05, 0.1) is 5.69 Å². The molecule has 2 N–H and O–H groups in total. The van der Waals surface area contributed by atoms with E-state index in [2.05, 4.69) is 31.5 Å². The lowest BCUT2D eigenvalue weighted by atomic mass is 10.2. The van der Waals surface area contributed by atoms with Crippen molar-refractivity contribution in [2.45, 2.75) is 6.92 Å². The van der Waals surface area contributed by atoms with Gasteiger partial charge in [0.25, 0.3) is 0 Å². The molecule has 0 saturated carbocycles. The largest absolute Gasteiger partial charge is 0.318 e. The molecule has 2 rings (SSSR count). The summed E-state index contributed by atoms with van der Waals surface area (Å²) in [5, 5.41) is 5.07.